The molecule has 0 unspecified atom stereocenters. The number of hydrogen-bond donors (Lipinski definition) is 0. The summed E-state index contributed by atoms with van der Waals surface area (Å²) < 4.78 is 33.9. The lowest BCUT2D eigenvalue weighted by Crippen LogP contribution is -1.92. The Labute approximate surface area is 603 Å². The number of pyridine rings is 3. The summed E-state index contributed by atoms with van der Waals surface area (Å²) in [7, 11) is 0. The number of benzene rings is 15. The summed E-state index contributed by atoms with van der Waals surface area (Å²) in [6.45, 7) is 0. The number of aromatic nitrogens is 6. The maximum absolute atomic E-state index is 6.53. The molecule has 0 saturated carbocycles. The van der Waals surface area contributed by atoms with Crippen LogP contribution in [0, 0.1) is 0 Å². The predicted molar refractivity (Wildman–Crippen MR) is 444 cm³/mol. The van der Waals surface area contributed by atoms with Crippen LogP contribution in [-0.4, -0.2) is 28.2 Å². The van der Waals surface area contributed by atoms with Gasteiger partial charge in [-0.3, -0.25) is 13.2 Å². The molecule has 0 saturated heterocycles. The molecule has 0 N–H and O–H groups in total. The standard InChI is InChI=1S/3C31H16N2OS/c1-5-11-27-17(7-1)21-14-26-20(15-28(21)34-27)19-13-22-18-8-2-6-12-29(18)35-30(22)16-23(19)31-32-24-9-3-4-10-25(24)33(26)31;1-5-11-25-17(7-1)21-15-14-20-19-13-16-22-18-8-2-6-12-26(18)35-30(22)27(19)31-32-23-9-3-4-10-24(23)33(31)28(20)29(21)34-25;1-5-11-25-17(7-1)20-15-21-24(16-26(20)34-25)33-23-10-4-3-9-22(23)32-31(33)19-13-14-28-30(29(19)21)18-8-2-6-12-27(18)35-28/h3*1-16H. The normalized spacial score (nSPS) is 12.6. The second-order valence-corrected chi connectivity index (χ2v) is 30.8. The molecule has 486 valence electrons. The lowest BCUT2D eigenvalue weighted by Gasteiger charge is -2.11. The minimum Gasteiger partial charge on any atom is -0.456 e. The fraction of sp³-hybridized carbons (Fsp3) is 0. The molecule has 12 aromatic heterocycles. The summed E-state index contributed by atoms with van der Waals surface area (Å²) in [5.74, 6) is 0. The first-order chi connectivity index (χ1) is 52.0. The molecule has 9 nitrogen and oxygen atoms in total. The van der Waals surface area contributed by atoms with Gasteiger partial charge in [0.2, 0.25) is 0 Å². The Kier molecular flexibility index (Phi) is 11.1. The number of hydrogen-bond acceptors (Lipinski definition) is 9. The number of thiophene rings is 3. The molecule has 0 atom stereocenters. The summed E-state index contributed by atoms with van der Waals surface area (Å²) in [5.41, 5.74) is 18.1. The van der Waals surface area contributed by atoms with Crippen LogP contribution in [0.15, 0.2) is 304 Å². The second kappa shape index (κ2) is 20.7. The Morgan fingerprint density at radius 1 is 0.219 bits per heavy atom. The van der Waals surface area contributed by atoms with Gasteiger partial charge in [-0.05, 0) is 132 Å². The van der Waals surface area contributed by atoms with Crippen LogP contribution in [0.25, 0.3) is 241 Å². The average Bonchev–Trinajstić information content (AvgIpc) is 1.48. The van der Waals surface area contributed by atoms with Gasteiger partial charge in [0.15, 0.2) is 5.58 Å². The molecule has 27 rings (SSSR count). The molecule has 0 radical (unpaired) electrons. The second-order valence-electron chi connectivity index (χ2n) is 27.6. The van der Waals surface area contributed by atoms with Gasteiger partial charge in [0.05, 0.1) is 49.7 Å². The van der Waals surface area contributed by atoms with Crippen molar-refractivity contribution < 1.29 is 13.3 Å². The Balaban J connectivity index is 0.0000000914. The van der Waals surface area contributed by atoms with E-state index in [4.69, 9.17) is 28.2 Å². The van der Waals surface area contributed by atoms with Gasteiger partial charge < -0.3 is 13.3 Å². The van der Waals surface area contributed by atoms with Crippen LogP contribution in [0.3, 0.4) is 0 Å². The van der Waals surface area contributed by atoms with Crippen LogP contribution in [0.5, 0.6) is 0 Å². The van der Waals surface area contributed by atoms with Crippen molar-refractivity contribution >= 4 is 275 Å². The van der Waals surface area contributed by atoms with Crippen LogP contribution in [0.2, 0.25) is 0 Å². The van der Waals surface area contributed by atoms with E-state index in [9.17, 15) is 0 Å². The fourth-order valence-corrected chi connectivity index (χ4v) is 21.0. The largest absolute Gasteiger partial charge is 0.456 e. The predicted octanol–water partition coefficient (Wildman–Crippen LogP) is 27.2. The number of rotatable bonds is 0. The molecule has 0 aliphatic rings. The van der Waals surface area contributed by atoms with Gasteiger partial charge in [-0.2, -0.15) is 0 Å². The van der Waals surface area contributed by atoms with Crippen molar-refractivity contribution in [1.29, 1.82) is 0 Å². The topological polar surface area (TPSA) is 91.3 Å². The van der Waals surface area contributed by atoms with Crippen LogP contribution in [0.4, 0.5) is 0 Å². The number of nitrogens with zero attached hydrogens (tertiary/aromatic N) is 6. The number of imidazole rings is 3. The van der Waals surface area contributed by atoms with Crippen molar-refractivity contribution in [3.63, 3.8) is 0 Å². The van der Waals surface area contributed by atoms with Crippen molar-refractivity contribution in [2.24, 2.45) is 0 Å². The molecule has 0 spiro atoms. The first kappa shape index (κ1) is 56.4. The van der Waals surface area contributed by atoms with Crippen LogP contribution >= 0.6 is 34.0 Å². The SMILES string of the molecule is c1ccc2c(c1)nc1c3c(ccc4c5ccccc5sc43)c3ccc4c5ccccc5oc4c3n21.c1ccc2c(c1)nc1c3cc4sc5ccccc5c4cc3c3cc4oc5ccccc5c4cc3n21.c1ccc2c(c1)nc1c3ccc4sc5ccccc5c4c3c3cc4c(cc3n21)oc1ccccc14. The zero-order chi connectivity index (χ0) is 68.0. The van der Waals surface area contributed by atoms with Crippen molar-refractivity contribution in [3.8, 4) is 0 Å². The molecule has 12 heterocycles. The van der Waals surface area contributed by atoms with Crippen LogP contribution < -0.4 is 0 Å². The summed E-state index contributed by atoms with van der Waals surface area (Å²) in [4.78, 5) is 15.5. The van der Waals surface area contributed by atoms with Crippen LogP contribution in [0.1, 0.15) is 0 Å². The molecular weight excluding hydrogens is 1350 g/mol. The smallest absolute Gasteiger partial charge is 0.160 e. The Morgan fingerprint density at radius 2 is 0.695 bits per heavy atom. The summed E-state index contributed by atoms with van der Waals surface area (Å²) in [6, 6.07) is 103. The van der Waals surface area contributed by atoms with Crippen molar-refractivity contribution in [2.75, 3.05) is 0 Å². The Morgan fingerprint density at radius 3 is 1.39 bits per heavy atom. The Bertz CT molecular complexity index is 8570. The molecule has 0 aliphatic heterocycles. The van der Waals surface area contributed by atoms with E-state index in [2.05, 4.69) is 268 Å². The average molecular weight is 1390 g/mol. The minimum absolute atomic E-state index is 0.902. The highest BCUT2D eigenvalue weighted by Gasteiger charge is 2.25. The zero-order valence-corrected chi connectivity index (χ0v) is 57.8. The van der Waals surface area contributed by atoms with E-state index in [1.54, 1.807) is 0 Å². The maximum atomic E-state index is 6.53. The lowest BCUT2D eigenvalue weighted by molar-refractivity contribution is 0.669. The van der Waals surface area contributed by atoms with E-state index in [1.165, 1.54) is 109 Å². The van der Waals surface area contributed by atoms with Gasteiger partial charge in [-0.1, -0.05) is 164 Å². The van der Waals surface area contributed by atoms with E-state index in [-0.39, 0.29) is 0 Å². The van der Waals surface area contributed by atoms with Gasteiger partial charge in [-0.25, -0.2) is 15.0 Å². The van der Waals surface area contributed by atoms with Gasteiger partial charge in [0.25, 0.3) is 0 Å². The molecule has 15 aromatic carbocycles. The van der Waals surface area contributed by atoms with E-state index in [0.29, 0.717) is 0 Å². The fourth-order valence-electron chi connectivity index (χ4n) is 17.5. The molecule has 0 bridgehead atoms. The summed E-state index contributed by atoms with van der Waals surface area (Å²) >= 11 is 5.56. The molecule has 27 aromatic rings. The van der Waals surface area contributed by atoms with Gasteiger partial charge in [0.1, 0.15) is 44.9 Å². The van der Waals surface area contributed by atoms with E-state index < -0.39 is 0 Å². The summed E-state index contributed by atoms with van der Waals surface area (Å²) in [5, 5.41) is 25.5. The van der Waals surface area contributed by atoms with Gasteiger partial charge in [-0.15, -0.1) is 34.0 Å². The monoisotopic (exact) mass is 1390 g/mol. The van der Waals surface area contributed by atoms with Crippen molar-refractivity contribution in [2.45, 2.75) is 0 Å². The molecule has 0 amide bonds. The first-order valence-corrected chi connectivity index (χ1v) is 37.6. The van der Waals surface area contributed by atoms with E-state index in [0.717, 1.165) is 132 Å². The Hall–Kier alpha value is -13.2. The molecule has 12 heteroatoms. The first-order valence-electron chi connectivity index (χ1n) is 35.2. The third-order valence-electron chi connectivity index (χ3n) is 22.1. The molecule has 0 aliphatic carbocycles. The van der Waals surface area contributed by atoms with Crippen molar-refractivity contribution in [1.82, 2.24) is 28.2 Å². The molecule has 105 heavy (non-hydrogen) atoms. The maximum Gasteiger partial charge on any atom is 0.160 e. The highest BCUT2D eigenvalue weighted by atomic mass is 32.1. The summed E-state index contributed by atoms with van der Waals surface area (Å²) in [6.07, 6.45) is 0. The van der Waals surface area contributed by atoms with Gasteiger partial charge >= 0.3 is 0 Å². The van der Waals surface area contributed by atoms with E-state index in [1.807, 2.05) is 70.4 Å². The highest BCUT2D eigenvalue weighted by molar-refractivity contribution is 7.27. The molecular formula is C93H48N6O3S3. The quantitative estimate of drug-likeness (QED) is 0.141. The number of fused-ring (bicyclic) bond motifs is 45. The zero-order valence-electron chi connectivity index (χ0n) is 55.3. The third-order valence-corrected chi connectivity index (χ3v) is 25.5. The highest BCUT2D eigenvalue weighted by Crippen LogP contribution is 2.49. The minimum atomic E-state index is 0.902. The van der Waals surface area contributed by atoms with Crippen LogP contribution in [-0.2, 0) is 0 Å². The number of furan rings is 3. The third kappa shape index (κ3) is 7.70. The lowest BCUT2D eigenvalue weighted by atomic mass is 9.98. The van der Waals surface area contributed by atoms with E-state index >= 15 is 0 Å². The van der Waals surface area contributed by atoms with Crippen molar-refractivity contribution in [3.05, 3.63) is 291 Å². The van der Waals surface area contributed by atoms with Gasteiger partial charge in [0, 0.05) is 137 Å². The number of para-hydroxylation sites is 9. The molecule has 0 fully saturated rings.